The lowest BCUT2D eigenvalue weighted by Gasteiger charge is -2.08. The van der Waals surface area contributed by atoms with Crippen molar-refractivity contribution >= 4 is 16.0 Å². The summed E-state index contributed by atoms with van der Waals surface area (Å²) in [5.41, 5.74) is 0.337. The molecule has 1 aromatic heterocycles. The third-order valence-corrected chi connectivity index (χ3v) is 4.25. The van der Waals surface area contributed by atoms with Crippen molar-refractivity contribution in [2.75, 3.05) is 0 Å². The summed E-state index contributed by atoms with van der Waals surface area (Å²) in [6, 6.07) is 3.89. The molecule has 0 fully saturated rings. The summed E-state index contributed by atoms with van der Waals surface area (Å²) in [4.78, 5) is 14.7. The highest BCUT2D eigenvalue weighted by atomic mass is 32.2. The molecule has 9 heteroatoms. The van der Waals surface area contributed by atoms with Gasteiger partial charge in [0.1, 0.15) is 0 Å². The molecule has 2 aromatic rings. The molecular formula is C12H13N3O5S. The second-order valence-corrected chi connectivity index (χ2v) is 6.08. The highest BCUT2D eigenvalue weighted by Gasteiger charge is 2.19. The molecule has 0 saturated carbocycles. The number of nitrogens with one attached hydrogen (secondary N) is 1. The molecule has 0 atom stereocenters. The molecule has 0 unspecified atom stereocenters. The lowest BCUT2D eigenvalue weighted by Crippen LogP contribution is -2.24. The molecule has 112 valence electrons. The first kappa shape index (κ1) is 15.1. The summed E-state index contributed by atoms with van der Waals surface area (Å²) < 4.78 is 31.5. The number of benzene rings is 1. The Morgan fingerprint density at radius 3 is 2.67 bits per heavy atom. The molecule has 0 spiro atoms. The van der Waals surface area contributed by atoms with Crippen LogP contribution in [-0.4, -0.2) is 29.6 Å². The smallest absolute Gasteiger partial charge is 0.335 e. The van der Waals surface area contributed by atoms with Crippen LogP contribution in [-0.2, 0) is 16.6 Å². The first-order valence-corrected chi connectivity index (χ1v) is 7.41. The fourth-order valence-corrected chi connectivity index (χ4v) is 2.91. The van der Waals surface area contributed by atoms with Crippen LogP contribution >= 0.6 is 0 Å². The molecule has 21 heavy (non-hydrogen) atoms. The third-order valence-electron chi connectivity index (χ3n) is 2.71. The Morgan fingerprint density at radius 2 is 2.10 bits per heavy atom. The van der Waals surface area contributed by atoms with Gasteiger partial charge < -0.3 is 9.63 Å². The Morgan fingerprint density at radius 1 is 1.38 bits per heavy atom. The van der Waals surface area contributed by atoms with Crippen LogP contribution in [0.5, 0.6) is 0 Å². The van der Waals surface area contributed by atoms with E-state index in [1.165, 1.54) is 12.1 Å². The van der Waals surface area contributed by atoms with Gasteiger partial charge in [0.05, 0.1) is 17.0 Å². The number of hydrogen-bond acceptors (Lipinski definition) is 6. The SMILES string of the molecule is Cc1noc(CNS(=O)(=O)c2cc(C(=O)O)ccc2C)n1. The van der Waals surface area contributed by atoms with E-state index in [2.05, 4.69) is 14.9 Å². The molecule has 2 rings (SSSR count). The standard InChI is InChI=1S/C12H13N3O5S/c1-7-3-4-9(12(16)17)5-10(7)21(18,19)13-6-11-14-8(2)15-20-11/h3-5,13H,6H2,1-2H3,(H,16,17). The van der Waals surface area contributed by atoms with Crippen molar-refractivity contribution in [3.63, 3.8) is 0 Å². The minimum absolute atomic E-state index is 0.0985. The van der Waals surface area contributed by atoms with Crippen molar-refractivity contribution in [2.24, 2.45) is 0 Å². The molecule has 0 radical (unpaired) electrons. The van der Waals surface area contributed by atoms with Crippen LogP contribution in [0.4, 0.5) is 0 Å². The van der Waals surface area contributed by atoms with Crippen molar-refractivity contribution in [3.8, 4) is 0 Å². The van der Waals surface area contributed by atoms with Gasteiger partial charge in [-0.05, 0) is 31.5 Å². The van der Waals surface area contributed by atoms with Crippen LogP contribution < -0.4 is 4.72 Å². The number of nitrogens with zero attached hydrogens (tertiary/aromatic N) is 2. The molecule has 0 bridgehead atoms. The van der Waals surface area contributed by atoms with E-state index in [9.17, 15) is 13.2 Å². The maximum atomic E-state index is 12.2. The van der Waals surface area contributed by atoms with Gasteiger partial charge in [0.25, 0.3) is 0 Å². The molecule has 0 aliphatic rings. The predicted octanol–water partition coefficient (Wildman–Crippen LogP) is 0.863. The molecule has 0 saturated heterocycles. The van der Waals surface area contributed by atoms with Gasteiger partial charge in [-0.25, -0.2) is 17.9 Å². The largest absolute Gasteiger partial charge is 0.478 e. The van der Waals surface area contributed by atoms with Gasteiger partial charge in [-0.1, -0.05) is 11.2 Å². The quantitative estimate of drug-likeness (QED) is 0.839. The number of aryl methyl sites for hydroxylation is 2. The zero-order chi connectivity index (χ0) is 15.6. The minimum Gasteiger partial charge on any atom is -0.478 e. The van der Waals surface area contributed by atoms with E-state index < -0.39 is 16.0 Å². The van der Waals surface area contributed by atoms with Gasteiger partial charge in [-0.15, -0.1) is 0 Å². The van der Waals surface area contributed by atoms with Crippen molar-refractivity contribution in [1.29, 1.82) is 0 Å². The molecule has 2 N–H and O–H groups in total. The van der Waals surface area contributed by atoms with Crippen LogP contribution in [0.2, 0.25) is 0 Å². The fraction of sp³-hybridized carbons (Fsp3) is 0.250. The van der Waals surface area contributed by atoms with Gasteiger partial charge in [0.15, 0.2) is 5.82 Å². The number of hydrogen-bond donors (Lipinski definition) is 2. The highest BCUT2D eigenvalue weighted by molar-refractivity contribution is 7.89. The van der Waals surface area contributed by atoms with Crippen LogP contribution in [0.15, 0.2) is 27.6 Å². The Labute approximate surface area is 120 Å². The van der Waals surface area contributed by atoms with Crippen molar-refractivity contribution in [1.82, 2.24) is 14.9 Å². The minimum atomic E-state index is -3.88. The Bertz CT molecular complexity index is 782. The number of carbonyl (C=O) groups is 1. The highest BCUT2D eigenvalue weighted by Crippen LogP contribution is 2.17. The van der Waals surface area contributed by atoms with Crippen LogP contribution in [0.25, 0.3) is 0 Å². The summed E-state index contributed by atoms with van der Waals surface area (Å²) in [5, 5.41) is 12.5. The molecule has 8 nitrogen and oxygen atoms in total. The van der Waals surface area contributed by atoms with Gasteiger partial charge >= 0.3 is 5.97 Å². The van der Waals surface area contributed by atoms with Gasteiger partial charge in [0, 0.05) is 0 Å². The van der Waals surface area contributed by atoms with Crippen LogP contribution in [0.3, 0.4) is 0 Å². The second kappa shape index (κ2) is 5.62. The van der Waals surface area contributed by atoms with Gasteiger partial charge in [0.2, 0.25) is 15.9 Å². The van der Waals surface area contributed by atoms with Crippen LogP contribution in [0.1, 0.15) is 27.6 Å². The first-order valence-electron chi connectivity index (χ1n) is 5.92. The van der Waals surface area contributed by atoms with E-state index in [0.29, 0.717) is 11.4 Å². The Balaban J connectivity index is 2.26. The summed E-state index contributed by atoms with van der Waals surface area (Å²) in [5.74, 6) is -0.671. The molecule has 1 aromatic carbocycles. The number of carboxylic acids is 1. The van der Waals surface area contributed by atoms with Crippen LogP contribution in [0, 0.1) is 13.8 Å². The zero-order valence-corrected chi connectivity index (χ0v) is 12.1. The maximum absolute atomic E-state index is 12.2. The number of sulfonamides is 1. The third kappa shape index (κ3) is 3.44. The molecule has 0 aliphatic heterocycles. The average Bonchev–Trinajstić information content (AvgIpc) is 2.82. The monoisotopic (exact) mass is 311 g/mol. The second-order valence-electron chi connectivity index (χ2n) is 4.35. The van der Waals surface area contributed by atoms with Gasteiger partial charge in [-0.3, -0.25) is 0 Å². The summed E-state index contributed by atoms with van der Waals surface area (Å²) >= 11 is 0. The molecule has 0 aliphatic carbocycles. The topological polar surface area (TPSA) is 122 Å². The summed E-state index contributed by atoms with van der Waals surface area (Å²) in [6.07, 6.45) is 0. The van der Waals surface area contributed by atoms with E-state index in [0.717, 1.165) is 6.07 Å². The van der Waals surface area contributed by atoms with E-state index >= 15 is 0 Å². The van der Waals surface area contributed by atoms with E-state index in [1.54, 1.807) is 13.8 Å². The lowest BCUT2D eigenvalue weighted by atomic mass is 10.1. The Kier molecular flexibility index (Phi) is 4.05. The normalized spacial score (nSPS) is 11.5. The van der Waals surface area contributed by atoms with Gasteiger partial charge in [-0.2, -0.15) is 4.98 Å². The Hall–Kier alpha value is -2.26. The summed E-state index contributed by atoms with van der Waals surface area (Å²) in [7, 11) is -3.88. The average molecular weight is 311 g/mol. The molecule has 1 heterocycles. The fourth-order valence-electron chi connectivity index (χ4n) is 1.67. The predicted molar refractivity (Wildman–Crippen MR) is 71.2 cm³/mol. The first-order chi connectivity index (χ1) is 9.79. The van der Waals surface area contributed by atoms with Crippen molar-refractivity contribution in [3.05, 3.63) is 41.0 Å². The van der Waals surface area contributed by atoms with Crippen molar-refractivity contribution in [2.45, 2.75) is 25.3 Å². The maximum Gasteiger partial charge on any atom is 0.335 e. The zero-order valence-electron chi connectivity index (χ0n) is 11.3. The molecular weight excluding hydrogens is 298 g/mol. The number of carboxylic acid groups (broad SMARTS) is 1. The number of aromatic nitrogens is 2. The number of aromatic carboxylic acids is 1. The lowest BCUT2D eigenvalue weighted by molar-refractivity contribution is 0.0696. The number of rotatable bonds is 5. The van der Waals surface area contributed by atoms with E-state index in [4.69, 9.17) is 9.63 Å². The molecule has 0 amide bonds. The van der Waals surface area contributed by atoms with E-state index in [1.807, 2.05) is 0 Å². The summed E-state index contributed by atoms with van der Waals surface area (Å²) in [6.45, 7) is 3.03. The van der Waals surface area contributed by atoms with E-state index in [-0.39, 0.29) is 22.9 Å². The van der Waals surface area contributed by atoms with Crippen molar-refractivity contribution < 1.29 is 22.8 Å².